The number of hydrogen-bond donors (Lipinski definition) is 0. The Hall–Kier alpha value is -1.87. The minimum Gasteiger partial charge on any atom is -0.295 e. The molecule has 0 aliphatic carbocycles. The number of Topliss-reactive ketones (excluding diaryl/α,β-unsaturated/α-hetero) is 1. The lowest BCUT2D eigenvalue weighted by molar-refractivity contribution is 0.101. The van der Waals surface area contributed by atoms with Gasteiger partial charge in [0, 0.05) is 16.0 Å². The van der Waals surface area contributed by atoms with E-state index in [-0.39, 0.29) is 10.9 Å². The number of carbonyl (C=O) groups excluding carboxylic acids is 2. The van der Waals surface area contributed by atoms with Crippen molar-refractivity contribution in [1.29, 1.82) is 0 Å². The van der Waals surface area contributed by atoms with Gasteiger partial charge in [-0.25, -0.2) is 0 Å². The summed E-state index contributed by atoms with van der Waals surface area (Å²) in [7, 11) is 0. The van der Waals surface area contributed by atoms with Crippen molar-refractivity contribution in [3.05, 3.63) is 65.2 Å². The van der Waals surface area contributed by atoms with Gasteiger partial charge in [-0.2, -0.15) is 0 Å². The van der Waals surface area contributed by atoms with E-state index in [2.05, 4.69) is 0 Å². The zero-order valence-electron chi connectivity index (χ0n) is 10.8. The number of rotatable bonds is 3. The van der Waals surface area contributed by atoms with Crippen molar-refractivity contribution < 1.29 is 9.59 Å². The molecule has 0 aliphatic rings. The van der Waals surface area contributed by atoms with E-state index in [0.717, 1.165) is 4.90 Å². The molecule has 19 heavy (non-hydrogen) atoms. The molecule has 0 unspecified atom stereocenters. The third kappa shape index (κ3) is 3.55. The Labute approximate surface area is 116 Å². The molecule has 0 N–H and O–H groups in total. The quantitative estimate of drug-likeness (QED) is 0.621. The molecule has 0 bridgehead atoms. The van der Waals surface area contributed by atoms with Crippen LogP contribution in [-0.4, -0.2) is 10.9 Å². The Kier molecular flexibility index (Phi) is 4.17. The van der Waals surface area contributed by atoms with Crippen molar-refractivity contribution in [3.63, 3.8) is 0 Å². The van der Waals surface area contributed by atoms with Crippen LogP contribution in [0.1, 0.15) is 33.2 Å². The molecule has 0 heterocycles. The highest BCUT2D eigenvalue weighted by Gasteiger charge is 2.08. The molecule has 2 rings (SSSR count). The second-order valence-electron chi connectivity index (χ2n) is 4.34. The van der Waals surface area contributed by atoms with E-state index in [1.54, 1.807) is 24.3 Å². The van der Waals surface area contributed by atoms with E-state index in [4.69, 9.17) is 0 Å². The van der Waals surface area contributed by atoms with Crippen LogP contribution in [0.3, 0.4) is 0 Å². The Morgan fingerprint density at radius 3 is 1.89 bits per heavy atom. The third-order valence-corrected chi connectivity index (χ3v) is 3.69. The highest BCUT2D eigenvalue weighted by atomic mass is 32.2. The van der Waals surface area contributed by atoms with Gasteiger partial charge in [-0.05, 0) is 49.9 Å². The molecule has 0 atom stereocenters. The minimum atomic E-state index is -0.0149. The standard InChI is InChI=1S/C16H14O2S/c1-11-3-9-15(10-4-11)19-16(18)14-7-5-13(6-8-14)12(2)17/h3-10H,1-2H3. The Balaban J connectivity index is 2.11. The molecule has 0 aromatic heterocycles. The van der Waals surface area contributed by atoms with Crippen LogP contribution in [0.5, 0.6) is 0 Å². The highest BCUT2D eigenvalue weighted by molar-refractivity contribution is 8.14. The van der Waals surface area contributed by atoms with Crippen molar-refractivity contribution in [2.24, 2.45) is 0 Å². The lowest BCUT2D eigenvalue weighted by Crippen LogP contribution is -1.96. The summed E-state index contributed by atoms with van der Waals surface area (Å²) in [5.41, 5.74) is 2.40. The van der Waals surface area contributed by atoms with Crippen LogP contribution in [0.2, 0.25) is 0 Å². The maximum absolute atomic E-state index is 12.1. The number of carbonyl (C=O) groups is 2. The van der Waals surface area contributed by atoms with E-state index in [1.165, 1.54) is 24.2 Å². The van der Waals surface area contributed by atoms with Crippen LogP contribution in [0.25, 0.3) is 0 Å². The molecule has 0 amide bonds. The second-order valence-corrected chi connectivity index (χ2v) is 5.38. The molecule has 96 valence electrons. The van der Waals surface area contributed by atoms with E-state index >= 15 is 0 Å². The predicted octanol–water partition coefficient (Wildman–Crippen LogP) is 4.13. The van der Waals surface area contributed by atoms with Gasteiger partial charge in [-0.1, -0.05) is 29.8 Å². The van der Waals surface area contributed by atoms with Gasteiger partial charge in [0.05, 0.1) is 0 Å². The molecule has 3 heteroatoms. The fourth-order valence-corrected chi connectivity index (χ4v) is 2.35. The molecule has 0 fully saturated rings. The first-order valence-corrected chi connectivity index (χ1v) is 6.78. The zero-order chi connectivity index (χ0) is 13.8. The maximum atomic E-state index is 12.1. The SMILES string of the molecule is CC(=O)c1ccc(C(=O)Sc2ccc(C)cc2)cc1. The van der Waals surface area contributed by atoms with Crippen molar-refractivity contribution in [1.82, 2.24) is 0 Å². The van der Waals surface area contributed by atoms with E-state index in [1.807, 2.05) is 31.2 Å². The molecule has 2 aromatic carbocycles. The van der Waals surface area contributed by atoms with Crippen LogP contribution < -0.4 is 0 Å². The lowest BCUT2D eigenvalue weighted by atomic mass is 10.1. The average molecular weight is 270 g/mol. The largest absolute Gasteiger partial charge is 0.295 e. The smallest absolute Gasteiger partial charge is 0.224 e. The lowest BCUT2D eigenvalue weighted by Gasteiger charge is -2.02. The predicted molar refractivity (Wildman–Crippen MR) is 77.8 cm³/mol. The number of benzene rings is 2. The monoisotopic (exact) mass is 270 g/mol. The molecular weight excluding hydrogens is 256 g/mol. The summed E-state index contributed by atoms with van der Waals surface area (Å²) in [6.07, 6.45) is 0. The average Bonchev–Trinajstić information content (AvgIpc) is 2.41. The molecule has 0 aliphatic heterocycles. The highest BCUT2D eigenvalue weighted by Crippen LogP contribution is 2.23. The molecule has 2 nitrogen and oxygen atoms in total. The normalized spacial score (nSPS) is 10.2. The summed E-state index contributed by atoms with van der Waals surface area (Å²) >= 11 is 1.20. The van der Waals surface area contributed by atoms with Gasteiger partial charge in [-0.15, -0.1) is 0 Å². The number of aryl methyl sites for hydroxylation is 1. The van der Waals surface area contributed by atoms with E-state index in [0.29, 0.717) is 11.1 Å². The van der Waals surface area contributed by atoms with Gasteiger partial charge >= 0.3 is 0 Å². The molecule has 0 spiro atoms. The number of hydrogen-bond acceptors (Lipinski definition) is 3. The van der Waals surface area contributed by atoms with E-state index < -0.39 is 0 Å². The fraction of sp³-hybridized carbons (Fsp3) is 0.125. The summed E-state index contributed by atoms with van der Waals surface area (Å²) < 4.78 is 0. The first-order chi connectivity index (χ1) is 9.06. The molecule has 0 radical (unpaired) electrons. The van der Waals surface area contributed by atoms with Crippen molar-refractivity contribution >= 4 is 22.7 Å². The van der Waals surface area contributed by atoms with Crippen LogP contribution in [-0.2, 0) is 0 Å². The second kappa shape index (κ2) is 5.85. The third-order valence-electron chi connectivity index (χ3n) is 2.76. The fourth-order valence-electron chi connectivity index (χ4n) is 1.61. The van der Waals surface area contributed by atoms with Gasteiger partial charge in [0.25, 0.3) is 0 Å². The zero-order valence-corrected chi connectivity index (χ0v) is 11.7. The first-order valence-electron chi connectivity index (χ1n) is 5.96. The summed E-state index contributed by atoms with van der Waals surface area (Å²) in [4.78, 5) is 24.1. The van der Waals surface area contributed by atoms with Crippen LogP contribution >= 0.6 is 11.8 Å². The molecular formula is C16H14O2S. The molecule has 0 saturated heterocycles. The van der Waals surface area contributed by atoms with Crippen molar-refractivity contribution in [3.8, 4) is 0 Å². The maximum Gasteiger partial charge on any atom is 0.224 e. The van der Waals surface area contributed by atoms with Gasteiger partial charge in [0.1, 0.15) is 0 Å². The number of ketones is 1. The summed E-state index contributed by atoms with van der Waals surface area (Å²) in [5.74, 6) is 0.00480. The Morgan fingerprint density at radius 2 is 1.37 bits per heavy atom. The van der Waals surface area contributed by atoms with Crippen molar-refractivity contribution in [2.75, 3.05) is 0 Å². The first kappa shape index (κ1) is 13.6. The Morgan fingerprint density at radius 1 is 0.842 bits per heavy atom. The van der Waals surface area contributed by atoms with Gasteiger partial charge in [-0.3, -0.25) is 9.59 Å². The summed E-state index contributed by atoms with van der Waals surface area (Å²) in [5, 5.41) is -0.0149. The molecule has 2 aromatic rings. The summed E-state index contributed by atoms with van der Waals surface area (Å²) in [6, 6.07) is 14.6. The molecule has 0 saturated carbocycles. The number of thioether (sulfide) groups is 1. The van der Waals surface area contributed by atoms with Crippen molar-refractivity contribution in [2.45, 2.75) is 18.7 Å². The summed E-state index contributed by atoms with van der Waals surface area (Å²) in [6.45, 7) is 3.52. The minimum absolute atomic E-state index is 0.00480. The van der Waals surface area contributed by atoms with Gasteiger partial charge in [0.15, 0.2) is 5.78 Å². The van der Waals surface area contributed by atoms with Crippen LogP contribution in [0.4, 0.5) is 0 Å². The Bertz CT molecular complexity index is 598. The van der Waals surface area contributed by atoms with Crippen LogP contribution in [0, 0.1) is 6.92 Å². The topological polar surface area (TPSA) is 34.1 Å². The van der Waals surface area contributed by atoms with Gasteiger partial charge < -0.3 is 0 Å². The van der Waals surface area contributed by atoms with E-state index in [9.17, 15) is 9.59 Å². The van der Waals surface area contributed by atoms with Gasteiger partial charge in [0.2, 0.25) is 5.12 Å². The van der Waals surface area contributed by atoms with Crippen LogP contribution in [0.15, 0.2) is 53.4 Å².